The van der Waals surface area contributed by atoms with Crippen molar-refractivity contribution in [2.45, 2.75) is 12.5 Å². The molecule has 0 aromatic heterocycles. The normalized spacial score (nSPS) is 12.3. The van der Waals surface area contributed by atoms with Crippen molar-refractivity contribution in [1.29, 1.82) is 0 Å². The van der Waals surface area contributed by atoms with E-state index in [1.807, 2.05) is 18.2 Å². The fourth-order valence-corrected chi connectivity index (χ4v) is 2.91. The van der Waals surface area contributed by atoms with Crippen LogP contribution in [0, 0.1) is 0 Å². The molecule has 100 valence electrons. The molecule has 2 aromatic rings. The molecule has 19 heavy (non-hydrogen) atoms. The van der Waals surface area contributed by atoms with Crippen LogP contribution in [-0.2, 0) is 11.3 Å². The van der Waals surface area contributed by atoms with Gasteiger partial charge in [-0.1, -0.05) is 74.3 Å². The Morgan fingerprint density at radius 3 is 2.47 bits per heavy atom. The Kier molecular flexibility index (Phi) is 6.08. The standard InChI is InChI=1S/C16H16Br2O/c17-10-15(14-6-2-1-3-7-14)12-19-11-13-5-4-8-16(18)9-13/h1-9,15H,10-12H2. The topological polar surface area (TPSA) is 9.23 Å². The maximum absolute atomic E-state index is 5.83. The second kappa shape index (κ2) is 7.83. The summed E-state index contributed by atoms with van der Waals surface area (Å²) < 4.78 is 6.92. The van der Waals surface area contributed by atoms with Crippen LogP contribution < -0.4 is 0 Å². The van der Waals surface area contributed by atoms with E-state index in [1.54, 1.807) is 0 Å². The zero-order valence-corrected chi connectivity index (χ0v) is 13.7. The average Bonchev–Trinajstić information content (AvgIpc) is 2.45. The zero-order valence-electron chi connectivity index (χ0n) is 10.6. The van der Waals surface area contributed by atoms with E-state index >= 15 is 0 Å². The van der Waals surface area contributed by atoms with Gasteiger partial charge in [-0.25, -0.2) is 0 Å². The molecule has 0 aliphatic rings. The van der Waals surface area contributed by atoms with Crippen LogP contribution in [0.4, 0.5) is 0 Å². The minimum Gasteiger partial charge on any atom is -0.376 e. The molecule has 0 saturated heterocycles. The summed E-state index contributed by atoms with van der Waals surface area (Å²) >= 11 is 7.03. The Morgan fingerprint density at radius 1 is 1.00 bits per heavy atom. The van der Waals surface area contributed by atoms with Crippen LogP contribution in [0.3, 0.4) is 0 Å². The van der Waals surface area contributed by atoms with Gasteiger partial charge in [0.15, 0.2) is 0 Å². The third kappa shape index (κ3) is 4.75. The van der Waals surface area contributed by atoms with Crippen LogP contribution in [-0.4, -0.2) is 11.9 Å². The lowest BCUT2D eigenvalue weighted by Gasteiger charge is -2.15. The molecule has 0 N–H and O–H groups in total. The van der Waals surface area contributed by atoms with Crippen LogP contribution in [0.5, 0.6) is 0 Å². The Balaban J connectivity index is 1.87. The fraction of sp³-hybridized carbons (Fsp3) is 0.250. The van der Waals surface area contributed by atoms with Gasteiger partial charge in [-0.15, -0.1) is 0 Å². The van der Waals surface area contributed by atoms with Crippen LogP contribution in [0.15, 0.2) is 59.1 Å². The molecule has 0 fully saturated rings. The number of benzene rings is 2. The maximum atomic E-state index is 5.83. The predicted molar refractivity (Wildman–Crippen MR) is 86.8 cm³/mol. The van der Waals surface area contributed by atoms with Gasteiger partial charge in [-0.05, 0) is 23.3 Å². The highest BCUT2D eigenvalue weighted by Crippen LogP contribution is 2.19. The van der Waals surface area contributed by atoms with Gasteiger partial charge in [-0.2, -0.15) is 0 Å². The summed E-state index contributed by atoms with van der Waals surface area (Å²) in [6.07, 6.45) is 0. The smallest absolute Gasteiger partial charge is 0.0717 e. The molecule has 0 heterocycles. The largest absolute Gasteiger partial charge is 0.376 e. The van der Waals surface area contributed by atoms with E-state index in [2.05, 4.69) is 68.3 Å². The minimum absolute atomic E-state index is 0.397. The Morgan fingerprint density at radius 2 is 1.79 bits per heavy atom. The number of alkyl halides is 1. The van der Waals surface area contributed by atoms with Crippen LogP contribution in [0.25, 0.3) is 0 Å². The van der Waals surface area contributed by atoms with Gasteiger partial charge in [0.2, 0.25) is 0 Å². The maximum Gasteiger partial charge on any atom is 0.0717 e. The van der Waals surface area contributed by atoms with Gasteiger partial charge in [0.05, 0.1) is 13.2 Å². The second-order valence-corrected chi connectivity index (χ2v) is 5.97. The molecule has 1 nitrogen and oxygen atoms in total. The summed E-state index contributed by atoms with van der Waals surface area (Å²) in [7, 11) is 0. The van der Waals surface area contributed by atoms with Crippen molar-refractivity contribution in [3.63, 3.8) is 0 Å². The minimum atomic E-state index is 0.397. The van der Waals surface area contributed by atoms with Gasteiger partial charge in [0, 0.05) is 15.7 Å². The Labute approximate surface area is 131 Å². The molecule has 2 rings (SSSR count). The first-order valence-electron chi connectivity index (χ1n) is 6.22. The van der Waals surface area contributed by atoms with Crippen molar-refractivity contribution in [3.8, 4) is 0 Å². The average molecular weight is 384 g/mol. The zero-order chi connectivity index (χ0) is 13.5. The van der Waals surface area contributed by atoms with Crippen molar-refractivity contribution in [3.05, 3.63) is 70.2 Å². The van der Waals surface area contributed by atoms with E-state index in [9.17, 15) is 0 Å². The number of hydrogen-bond donors (Lipinski definition) is 0. The van der Waals surface area contributed by atoms with Crippen molar-refractivity contribution in [2.24, 2.45) is 0 Å². The van der Waals surface area contributed by atoms with E-state index in [0.29, 0.717) is 12.5 Å². The van der Waals surface area contributed by atoms with Crippen LogP contribution in [0.1, 0.15) is 17.0 Å². The first kappa shape index (κ1) is 14.8. The second-order valence-electron chi connectivity index (χ2n) is 4.41. The Hall–Kier alpha value is -0.640. The molecule has 1 unspecified atom stereocenters. The molecule has 0 spiro atoms. The molecular formula is C16H16Br2O. The van der Waals surface area contributed by atoms with E-state index in [0.717, 1.165) is 16.4 Å². The fourth-order valence-electron chi connectivity index (χ4n) is 1.90. The van der Waals surface area contributed by atoms with Crippen LogP contribution >= 0.6 is 31.9 Å². The third-order valence-corrected chi connectivity index (χ3v) is 4.21. The van der Waals surface area contributed by atoms with Crippen molar-refractivity contribution < 1.29 is 4.74 Å². The SMILES string of the molecule is BrCC(COCc1cccc(Br)c1)c1ccccc1. The molecule has 0 bridgehead atoms. The molecular weight excluding hydrogens is 368 g/mol. The lowest BCUT2D eigenvalue weighted by molar-refractivity contribution is 0.111. The number of hydrogen-bond acceptors (Lipinski definition) is 1. The van der Waals surface area contributed by atoms with E-state index in [1.165, 1.54) is 11.1 Å². The monoisotopic (exact) mass is 382 g/mol. The van der Waals surface area contributed by atoms with Gasteiger partial charge < -0.3 is 4.74 Å². The summed E-state index contributed by atoms with van der Waals surface area (Å²) in [5.74, 6) is 0.397. The predicted octanol–water partition coefficient (Wildman–Crippen LogP) is 5.14. The van der Waals surface area contributed by atoms with Crippen molar-refractivity contribution in [1.82, 2.24) is 0 Å². The molecule has 0 amide bonds. The molecule has 0 aliphatic carbocycles. The van der Waals surface area contributed by atoms with Crippen molar-refractivity contribution in [2.75, 3.05) is 11.9 Å². The summed E-state index contributed by atoms with van der Waals surface area (Å²) in [5, 5.41) is 0.912. The van der Waals surface area contributed by atoms with Crippen LogP contribution in [0.2, 0.25) is 0 Å². The summed E-state index contributed by atoms with van der Waals surface area (Å²) in [6, 6.07) is 18.7. The van der Waals surface area contributed by atoms with E-state index < -0.39 is 0 Å². The molecule has 2 aromatic carbocycles. The lowest BCUT2D eigenvalue weighted by Crippen LogP contribution is -2.09. The van der Waals surface area contributed by atoms with Gasteiger partial charge >= 0.3 is 0 Å². The molecule has 3 heteroatoms. The van der Waals surface area contributed by atoms with Gasteiger partial charge in [-0.3, -0.25) is 0 Å². The van der Waals surface area contributed by atoms with Gasteiger partial charge in [0.25, 0.3) is 0 Å². The summed E-state index contributed by atoms with van der Waals surface area (Å²) in [5.41, 5.74) is 2.50. The Bertz CT molecular complexity index is 499. The highest BCUT2D eigenvalue weighted by Gasteiger charge is 2.09. The van der Waals surface area contributed by atoms with Crippen molar-refractivity contribution >= 4 is 31.9 Å². The number of rotatable bonds is 6. The summed E-state index contributed by atoms with van der Waals surface area (Å²) in [4.78, 5) is 0. The molecule has 0 aliphatic heterocycles. The highest BCUT2D eigenvalue weighted by atomic mass is 79.9. The third-order valence-electron chi connectivity index (χ3n) is 2.93. The quantitative estimate of drug-likeness (QED) is 0.627. The first-order valence-corrected chi connectivity index (χ1v) is 8.14. The number of halogens is 2. The lowest BCUT2D eigenvalue weighted by atomic mass is 10.0. The number of ether oxygens (including phenoxy) is 1. The van der Waals surface area contributed by atoms with E-state index in [-0.39, 0.29) is 0 Å². The first-order chi connectivity index (χ1) is 9.29. The molecule has 0 saturated carbocycles. The van der Waals surface area contributed by atoms with Gasteiger partial charge in [0.1, 0.15) is 0 Å². The summed E-state index contributed by atoms with van der Waals surface area (Å²) in [6.45, 7) is 1.37. The molecule has 1 atom stereocenters. The highest BCUT2D eigenvalue weighted by molar-refractivity contribution is 9.10. The molecule has 0 radical (unpaired) electrons. The van der Waals surface area contributed by atoms with E-state index in [4.69, 9.17) is 4.74 Å².